The molecule has 36 heavy (non-hydrogen) atoms. The van der Waals surface area contributed by atoms with Gasteiger partial charge < -0.3 is 10.1 Å². The highest BCUT2D eigenvalue weighted by atomic mass is 16.5. The van der Waals surface area contributed by atoms with Crippen LogP contribution in [0, 0.1) is 23.7 Å². The lowest BCUT2D eigenvalue weighted by Crippen LogP contribution is -2.33. The lowest BCUT2D eigenvalue weighted by molar-refractivity contribution is -0.123. The number of para-hydroxylation sites is 1. The molecule has 2 aromatic rings. The molecule has 2 aliphatic carbocycles. The number of carbonyl (C=O) groups excluding carboxylic acids is 4. The molecule has 0 radical (unpaired) electrons. The molecule has 1 heterocycles. The molecule has 2 fully saturated rings. The van der Waals surface area contributed by atoms with Crippen LogP contribution in [-0.2, 0) is 32.0 Å². The normalized spacial score (nSPS) is 24.1. The van der Waals surface area contributed by atoms with Crippen molar-refractivity contribution < 1.29 is 23.9 Å². The number of ether oxygens (including phenoxy) is 1. The van der Waals surface area contributed by atoms with E-state index in [9.17, 15) is 19.2 Å². The number of nitrogens with zero attached hydrogens (tertiary/aromatic N) is 1. The summed E-state index contributed by atoms with van der Waals surface area (Å²) in [5.74, 6) is -1.64. The molecular weight excluding hydrogens is 456 g/mol. The highest BCUT2D eigenvalue weighted by Crippen LogP contribution is 2.55. The molecule has 5 rings (SSSR count). The molecule has 1 aliphatic heterocycles. The first-order chi connectivity index (χ1) is 17.3. The van der Waals surface area contributed by atoms with Crippen LogP contribution in [0.4, 0.5) is 11.4 Å². The van der Waals surface area contributed by atoms with Crippen molar-refractivity contribution in [3.8, 4) is 0 Å². The van der Waals surface area contributed by atoms with E-state index in [4.69, 9.17) is 4.74 Å². The predicted octanol–water partition coefficient (Wildman–Crippen LogP) is 4.31. The second kappa shape index (κ2) is 9.37. The maximum absolute atomic E-state index is 13.1. The van der Waals surface area contributed by atoms with Crippen LogP contribution in [0.15, 0.2) is 54.1 Å². The highest BCUT2D eigenvalue weighted by molar-refractivity contribution is 6.23. The van der Waals surface area contributed by atoms with Crippen molar-refractivity contribution in [2.45, 2.75) is 40.0 Å². The Morgan fingerprint density at radius 1 is 0.972 bits per heavy atom. The van der Waals surface area contributed by atoms with Gasteiger partial charge in [0.15, 0.2) is 6.61 Å². The number of fused-ring (bicyclic) bond motifs is 5. The van der Waals surface area contributed by atoms with E-state index in [1.54, 1.807) is 12.1 Å². The zero-order valence-corrected chi connectivity index (χ0v) is 20.7. The summed E-state index contributed by atoms with van der Waals surface area (Å²) in [6.07, 6.45) is 4.57. The van der Waals surface area contributed by atoms with Gasteiger partial charge in [-0.15, -0.1) is 0 Å². The third-order valence-electron chi connectivity index (χ3n) is 7.84. The SMILES string of the molecule is CCc1cccc(CC)c1NC(=O)COC(=O)c1ccc(N2C(=O)[C@@H]3[C@H](C2=O)[C@H]2C=C(C)[C@H]3C2)cc1. The Hall–Kier alpha value is -3.74. The van der Waals surface area contributed by atoms with Crippen molar-refractivity contribution in [1.29, 1.82) is 0 Å². The van der Waals surface area contributed by atoms with E-state index in [1.807, 2.05) is 39.0 Å². The molecule has 7 nitrogen and oxygen atoms in total. The summed E-state index contributed by atoms with van der Waals surface area (Å²) in [6, 6.07) is 12.1. The van der Waals surface area contributed by atoms with Crippen LogP contribution in [-0.4, -0.2) is 30.3 Å². The van der Waals surface area contributed by atoms with Gasteiger partial charge in [-0.1, -0.05) is 43.7 Å². The van der Waals surface area contributed by atoms with Crippen LogP contribution in [0.5, 0.6) is 0 Å². The third kappa shape index (κ3) is 3.92. The topological polar surface area (TPSA) is 92.8 Å². The number of aryl methyl sites for hydroxylation is 2. The Morgan fingerprint density at radius 2 is 1.61 bits per heavy atom. The van der Waals surface area contributed by atoms with Gasteiger partial charge in [0.1, 0.15) is 0 Å². The largest absolute Gasteiger partial charge is 0.452 e. The number of hydrogen-bond donors (Lipinski definition) is 1. The lowest BCUT2D eigenvalue weighted by Gasteiger charge is -2.19. The molecule has 2 bridgehead atoms. The molecule has 0 aromatic heterocycles. The maximum atomic E-state index is 13.1. The van der Waals surface area contributed by atoms with Crippen LogP contribution >= 0.6 is 0 Å². The Balaban J connectivity index is 1.21. The van der Waals surface area contributed by atoms with Crippen LogP contribution < -0.4 is 10.2 Å². The number of benzene rings is 2. The van der Waals surface area contributed by atoms with Gasteiger partial charge in [0.25, 0.3) is 5.91 Å². The first-order valence-electron chi connectivity index (χ1n) is 12.6. The minimum Gasteiger partial charge on any atom is -0.452 e. The number of amides is 3. The van der Waals surface area contributed by atoms with Gasteiger partial charge in [-0.05, 0) is 73.4 Å². The molecule has 0 unspecified atom stereocenters. The van der Waals surface area contributed by atoms with Crippen LogP contribution in [0.25, 0.3) is 0 Å². The summed E-state index contributed by atoms with van der Waals surface area (Å²) in [6.45, 7) is 5.66. The predicted molar refractivity (Wildman–Crippen MR) is 135 cm³/mol. The first kappa shape index (κ1) is 24.0. The number of anilines is 2. The molecule has 1 saturated heterocycles. The van der Waals surface area contributed by atoms with E-state index in [0.29, 0.717) is 5.69 Å². The van der Waals surface area contributed by atoms with Crippen LogP contribution in [0.3, 0.4) is 0 Å². The average Bonchev–Trinajstić information content (AvgIpc) is 3.52. The molecule has 3 amide bonds. The van der Waals surface area contributed by atoms with E-state index >= 15 is 0 Å². The quantitative estimate of drug-likeness (QED) is 0.358. The fourth-order valence-electron chi connectivity index (χ4n) is 6.07. The van der Waals surface area contributed by atoms with E-state index < -0.39 is 18.5 Å². The van der Waals surface area contributed by atoms with Crippen molar-refractivity contribution in [2.75, 3.05) is 16.8 Å². The summed E-state index contributed by atoms with van der Waals surface area (Å²) >= 11 is 0. The Morgan fingerprint density at radius 3 is 2.25 bits per heavy atom. The van der Waals surface area contributed by atoms with Crippen molar-refractivity contribution in [3.63, 3.8) is 0 Å². The Kier molecular flexibility index (Phi) is 6.24. The van der Waals surface area contributed by atoms with E-state index in [-0.39, 0.29) is 41.0 Å². The second-order valence-electron chi connectivity index (χ2n) is 9.81. The van der Waals surface area contributed by atoms with E-state index in [1.165, 1.54) is 22.6 Å². The smallest absolute Gasteiger partial charge is 0.338 e. The molecule has 3 aliphatic rings. The van der Waals surface area contributed by atoms with Gasteiger partial charge in [0, 0.05) is 5.69 Å². The van der Waals surface area contributed by atoms with Crippen LogP contribution in [0.2, 0.25) is 0 Å². The number of rotatable bonds is 7. The molecular formula is C29H30N2O5. The minimum absolute atomic E-state index is 0.138. The first-order valence-corrected chi connectivity index (χ1v) is 12.6. The molecule has 0 spiro atoms. The van der Waals surface area contributed by atoms with Gasteiger partial charge in [-0.3, -0.25) is 19.3 Å². The fraction of sp³-hybridized carbons (Fsp3) is 0.379. The van der Waals surface area contributed by atoms with E-state index in [0.717, 1.165) is 36.1 Å². The van der Waals surface area contributed by atoms with Gasteiger partial charge in [0.2, 0.25) is 11.8 Å². The van der Waals surface area contributed by atoms with Gasteiger partial charge >= 0.3 is 5.97 Å². The molecule has 1 saturated carbocycles. The number of hydrogen-bond acceptors (Lipinski definition) is 5. The summed E-state index contributed by atoms with van der Waals surface area (Å²) in [7, 11) is 0. The number of esters is 1. The standard InChI is InChI=1S/C29H30N2O5/c1-4-17-7-6-8-18(5-2)26(17)30-23(32)15-36-29(35)19-9-11-21(12-10-19)31-27(33)24-20-13-16(3)22(14-20)25(24)28(31)34/h6-13,20,22,24-25H,4-5,14-15H2,1-3H3,(H,30,32)/t20-,22+,24+,25-/m0/s1. The fourth-order valence-corrected chi connectivity index (χ4v) is 6.07. The summed E-state index contributed by atoms with van der Waals surface area (Å²) < 4.78 is 5.22. The zero-order chi connectivity index (χ0) is 25.6. The van der Waals surface area contributed by atoms with Gasteiger partial charge in [-0.2, -0.15) is 0 Å². The molecule has 2 aromatic carbocycles. The third-order valence-corrected chi connectivity index (χ3v) is 7.84. The molecule has 1 N–H and O–H groups in total. The summed E-state index contributed by atoms with van der Waals surface area (Å²) in [5.41, 5.74) is 4.73. The second-order valence-corrected chi connectivity index (χ2v) is 9.81. The maximum Gasteiger partial charge on any atom is 0.338 e. The van der Waals surface area contributed by atoms with Crippen molar-refractivity contribution in [3.05, 3.63) is 70.8 Å². The zero-order valence-electron chi connectivity index (χ0n) is 20.7. The van der Waals surface area contributed by atoms with Crippen molar-refractivity contribution >= 4 is 35.1 Å². The number of nitrogens with one attached hydrogen (secondary N) is 1. The van der Waals surface area contributed by atoms with Gasteiger partial charge in [0.05, 0.1) is 23.1 Å². The number of allylic oxidation sites excluding steroid dienone is 2. The number of imide groups is 1. The van der Waals surface area contributed by atoms with Gasteiger partial charge in [-0.25, -0.2) is 4.79 Å². The van der Waals surface area contributed by atoms with Crippen molar-refractivity contribution in [2.24, 2.45) is 23.7 Å². The number of carbonyl (C=O) groups is 4. The minimum atomic E-state index is -0.648. The summed E-state index contributed by atoms with van der Waals surface area (Å²) in [4.78, 5) is 52.5. The average molecular weight is 487 g/mol. The molecule has 186 valence electrons. The van der Waals surface area contributed by atoms with E-state index in [2.05, 4.69) is 11.4 Å². The van der Waals surface area contributed by atoms with Crippen molar-refractivity contribution in [1.82, 2.24) is 0 Å². The summed E-state index contributed by atoms with van der Waals surface area (Å²) in [5, 5.41) is 2.88. The Labute approximate surface area is 210 Å². The lowest BCUT2D eigenvalue weighted by atomic mass is 9.82. The monoisotopic (exact) mass is 486 g/mol. The highest BCUT2D eigenvalue weighted by Gasteiger charge is 2.60. The van der Waals surface area contributed by atoms with Crippen LogP contribution in [0.1, 0.15) is 48.7 Å². The molecule has 4 atom stereocenters. The molecule has 7 heteroatoms. The Bertz CT molecular complexity index is 1260.